The molecule has 0 heterocycles. The van der Waals surface area contributed by atoms with Crippen molar-refractivity contribution in [2.75, 3.05) is 13.7 Å². The average molecular weight is 274 g/mol. The molecule has 0 saturated carbocycles. The minimum atomic E-state index is -0.530. The van der Waals surface area contributed by atoms with Gasteiger partial charge in [0.05, 0.1) is 7.11 Å². The minimum absolute atomic E-state index is 0.530. The molecule has 0 unspecified atom stereocenters. The summed E-state index contributed by atoms with van der Waals surface area (Å²) >= 11 is 0. The number of hydrogen-bond donors (Lipinski definition) is 4. The van der Waals surface area contributed by atoms with Gasteiger partial charge in [0.15, 0.2) is 0 Å². The van der Waals surface area contributed by atoms with Crippen LogP contribution in [0, 0.1) is 0 Å². The molecule has 0 aromatic rings. The van der Waals surface area contributed by atoms with Crippen molar-refractivity contribution in [3.63, 3.8) is 0 Å². The molecule has 0 aliphatic rings. The second kappa shape index (κ2) is 15.2. The molecule has 6 heteroatoms. The highest BCUT2D eigenvalue weighted by atomic mass is 16.5. The molecule has 0 rings (SSSR count). The zero-order valence-electron chi connectivity index (χ0n) is 12.4. The van der Waals surface area contributed by atoms with E-state index in [-0.39, 0.29) is 0 Å². The summed E-state index contributed by atoms with van der Waals surface area (Å²) in [6, 6.07) is 0. The first kappa shape index (κ1) is 18.1. The van der Waals surface area contributed by atoms with Gasteiger partial charge in [-0.15, -0.1) is 0 Å². The average Bonchev–Trinajstić information content (AvgIpc) is 2.43. The number of ether oxygens (including phenoxy) is 1. The van der Waals surface area contributed by atoms with E-state index in [2.05, 4.69) is 33.6 Å². The third-order valence-electron chi connectivity index (χ3n) is 2.91. The van der Waals surface area contributed by atoms with Crippen molar-refractivity contribution in [1.29, 1.82) is 0 Å². The molecule has 0 radical (unpaired) electrons. The summed E-state index contributed by atoms with van der Waals surface area (Å²) in [4.78, 5) is 10.6. The monoisotopic (exact) mass is 274 g/mol. The van der Waals surface area contributed by atoms with E-state index >= 15 is 0 Å². The highest BCUT2D eigenvalue weighted by Gasteiger charge is 1.94. The second-order valence-electron chi connectivity index (χ2n) is 4.62. The third kappa shape index (κ3) is 15.1. The van der Waals surface area contributed by atoms with E-state index in [9.17, 15) is 4.79 Å². The van der Waals surface area contributed by atoms with Gasteiger partial charge in [-0.3, -0.25) is 0 Å². The van der Waals surface area contributed by atoms with Gasteiger partial charge in [-0.2, -0.15) is 11.1 Å². The predicted octanol–water partition coefficient (Wildman–Crippen LogP) is 2.39. The van der Waals surface area contributed by atoms with E-state index < -0.39 is 6.09 Å². The van der Waals surface area contributed by atoms with Crippen molar-refractivity contribution in [2.45, 2.75) is 64.7 Å². The number of unbranched alkanes of at least 4 members (excludes halogenated alkanes) is 8. The van der Waals surface area contributed by atoms with E-state index in [1.807, 2.05) is 0 Å². The number of hydrogen-bond acceptors (Lipinski definition) is 5. The number of rotatable bonds is 13. The number of carbonyl (C=O) groups excluding carboxylic acids is 1. The summed E-state index contributed by atoms with van der Waals surface area (Å²) in [5, 5.41) is 0. The third-order valence-corrected chi connectivity index (χ3v) is 2.91. The van der Waals surface area contributed by atoms with Crippen LogP contribution in [0.25, 0.3) is 0 Å². The van der Waals surface area contributed by atoms with Crippen LogP contribution in [-0.2, 0) is 4.74 Å². The molecule has 0 bridgehead atoms. The Labute approximate surface area is 117 Å². The van der Waals surface area contributed by atoms with Crippen LogP contribution in [0.4, 0.5) is 4.79 Å². The van der Waals surface area contributed by atoms with Crippen LogP contribution in [0.15, 0.2) is 0 Å². The lowest BCUT2D eigenvalue weighted by atomic mass is 10.1. The van der Waals surface area contributed by atoms with Crippen molar-refractivity contribution in [3.05, 3.63) is 0 Å². The Morgan fingerprint density at radius 2 is 1.47 bits per heavy atom. The van der Waals surface area contributed by atoms with Crippen molar-refractivity contribution < 1.29 is 9.53 Å². The topological polar surface area (TPSA) is 74.4 Å². The van der Waals surface area contributed by atoms with Crippen LogP contribution < -0.4 is 21.9 Å². The van der Waals surface area contributed by atoms with E-state index in [0.29, 0.717) is 0 Å². The summed E-state index contributed by atoms with van der Waals surface area (Å²) in [7, 11) is 1.31. The molecule has 6 nitrogen and oxygen atoms in total. The fourth-order valence-electron chi connectivity index (χ4n) is 1.76. The van der Waals surface area contributed by atoms with Crippen molar-refractivity contribution in [2.24, 2.45) is 0 Å². The maximum atomic E-state index is 10.6. The van der Waals surface area contributed by atoms with E-state index in [1.165, 1.54) is 58.5 Å². The summed E-state index contributed by atoms with van der Waals surface area (Å²) in [6.07, 6.45) is 11.3. The Morgan fingerprint density at radius 3 is 2.05 bits per heavy atom. The highest BCUT2D eigenvalue weighted by molar-refractivity contribution is 5.66. The summed E-state index contributed by atoms with van der Waals surface area (Å²) in [5.41, 5.74) is 10.4. The van der Waals surface area contributed by atoms with Gasteiger partial charge in [0.25, 0.3) is 0 Å². The molecule has 0 aromatic carbocycles. The first-order valence-electron chi connectivity index (χ1n) is 7.38. The SMILES string of the molecule is CCCCCCCCCCCNNNNC(=O)OC. The summed E-state index contributed by atoms with van der Waals surface area (Å²) in [6.45, 7) is 3.11. The fourth-order valence-corrected chi connectivity index (χ4v) is 1.76. The van der Waals surface area contributed by atoms with Gasteiger partial charge in [0.1, 0.15) is 0 Å². The Bertz CT molecular complexity index is 203. The lowest BCUT2D eigenvalue weighted by Crippen LogP contribution is -2.52. The summed E-state index contributed by atoms with van der Waals surface area (Å²) < 4.78 is 4.38. The fraction of sp³-hybridized carbons (Fsp3) is 0.923. The normalized spacial score (nSPS) is 10.4. The molecule has 0 aromatic heterocycles. The van der Waals surface area contributed by atoms with Crippen molar-refractivity contribution in [3.8, 4) is 0 Å². The Balaban J connectivity index is 2.97. The number of carbonyl (C=O) groups is 1. The number of nitrogens with one attached hydrogen (secondary N) is 4. The molecule has 0 aliphatic heterocycles. The van der Waals surface area contributed by atoms with Gasteiger partial charge in [0.2, 0.25) is 0 Å². The molecule has 0 aliphatic carbocycles. The quantitative estimate of drug-likeness (QED) is 0.306. The standard InChI is InChI=1S/C13H30N4O2/c1-3-4-5-6-7-8-9-10-11-12-14-16-17-15-13(18)19-2/h14,16-17H,3-12H2,1-2H3,(H,15,18). The Morgan fingerprint density at radius 1 is 0.895 bits per heavy atom. The minimum Gasteiger partial charge on any atom is -0.452 e. The van der Waals surface area contributed by atoms with Gasteiger partial charge in [-0.05, 0) is 6.42 Å². The zero-order chi connectivity index (χ0) is 14.2. The molecule has 0 spiro atoms. The molecule has 0 fully saturated rings. The van der Waals surface area contributed by atoms with Gasteiger partial charge in [0, 0.05) is 6.54 Å². The van der Waals surface area contributed by atoms with Gasteiger partial charge in [-0.25, -0.2) is 15.6 Å². The number of hydrazine groups is 3. The van der Waals surface area contributed by atoms with Crippen LogP contribution in [0.1, 0.15) is 64.7 Å². The molecule has 114 valence electrons. The maximum Gasteiger partial charge on any atom is 0.422 e. The molecular weight excluding hydrogens is 244 g/mol. The molecule has 19 heavy (non-hydrogen) atoms. The van der Waals surface area contributed by atoms with E-state index in [4.69, 9.17) is 0 Å². The number of methoxy groups -OCH3 is 1. The lowest BCUT2D eigenvalue weighted by Gasteiger charge is -2.08. The summed E-state index contributed by atoms with van der Waals surface area (Å²) in [5.74, 6) is 0. The van der Waals surface area contributed by atoms with Crippen LogP contribution in [0.3, 0.4) is 0 Å². The van der Waals surface area contributed by atoms with Crippen LogP contribution >= 0.6 is 0 Å². The molecule has 1 amide bonds. The van der Waals surface area contributed by atoms with Crippen LogP contribution in [0.5, 0.6) is 0 Å². The first-order chi connectivity index (χ1) is 9.31. The molecular formula is C13H30N4O2. The van der Waals surface area contributed by atoms with Crippen LogP contribution in [-0.4, -0.2) is 19.7 Å². The van der Waals surface area contributed by atoms with E-state index in [0.717, 1.165) is 13.0 Å². The number of amides is 1. The van der Waals surface area contributed by atoms with Crippen molar-refractivity contribution >= 4 is 6.09 Å². The highest BCUT2D eigenvalue weighted by Crippen LogP contribution is 2.08. The Kier molecular flexibility index (Phi) is 14.5. The van der Waals surface area contributed by atoms with E-state index in [1.54, 1.807) is 0 Å². The molecule has 4 N–H and O–H groups in total. The largest absolute Gasteiger partial charge is 0.452 e. The van der Waals surface area contributed by atoms with Crippen molar-refractivity contribution in [1.82, 2.24) is 21.9 Å². The molecule has 0 atom stereocenters. The zero-order valence-corrected chi connectivity index (χ0v) is 12.4. The maximum absolute atomic E-state index is 10.6. The second-order valence-corrected chi connectivity index (χ2v) is 4.62. The van der Waals surface area contributed by atoms with Gasteiger partial charge >= 0.3 is 6.09 Å². The Hall–Kier alpha value is -0.850. The first-order valence-corrected chi connectivity index (χ1v) is 7.38. The lowest BCUT2D eigenvalue weighted by molar-refractivity contribution is 0.161. The van der Waals surface area contributed by atoms with Gasteiger partial charge < -0.3 is 4.74 Å². The smallest absolute Gasteiger partial charge is 0.422 e. The van der Waals surface area contributed by atoms with Crippen LogP contribution in [0.2, 0.25) is 0 Å². The predicted molar refractivity (Wildman–Crippen MR) is 77.0 cm³/mol. The molecule has 0 saturated heterocycles. The van der Waals surface area contributed by atoms with Gasteiger partial charge in [-0.1, -0.05) is 58.3 Å².